The lowest BCUT2D eigenvalue weighted by molar-refractivity contribution is 0.601. The maximum Gasteiger partial charge on any atom is 0.263 e. The molecule has 3 rings (SSSR count). The first-order valence-corrected chi connectivity index (χ1v) is 9.12. The zero-order valence-corrected chi connectivity index (χ0v) is 14.6. The van der Waals surface area contributed by atoms with Crippen LogP contribution in [0.25, 0.3) is 11.3 Å². The van der Waals surface area contributed by atoms with Gasteiger partial charge in [-0.2, -0.15) is 5.10 Å². The van der Waals surface area contributed by atoms with Gasteiger partial charge in [-0.05, 0) is 36.8 Å². The fraction of sp³-hybridized carbons (Fsp3) is 0.0625. The summed E-state index contributed by atoms with van der Waals surface area (Å²) in [7, 11) is -3.65. The van der Waals surface area contributed by atoms with Gasteiger partial charge in [0.25, 0.3) is 10.0 Å². The number of nitrogens with zero attached hydrogens (tertiary/aromatic N) is 1. The van der Waals surface area contributed by atoms with Crippen molar-refractivity contribution >= 4 is 31.8 Å². The van der Waals surface area contributed by atoms with Gasteiger partial charge in [-0.3, -0.25) is 9.82 Å². The lowest BCUT2D eigenvalue weighted by Gasteiger charge is -2.05. The van der Waals surface area contributed by atoms with Gasteiger partial charge in [0.15, 0.2) is 5.82 Å². The number of nitrogens with one attached hydrogen (secondary N) is 2. The van der Waals surface area contributed by atoms with Gasteiger partial charge in [-0.15, -0.1) is 0 Å². The molecule has 3 aromatic rings. The summed E-state index contributed by atoms with van der Waals surface area (Å²) in [5.74, 6) is 0.253. The van der Waals surface area contributed by atoms with Gasteiger partial charge in [0.05, 0.1) is 10.6 Å². The van der Waals surface area contributed by atoms with Crippen LogP contribution in [0.3, 0.4) is 0 Å². The van der Waals surface area contributed by atoms with Crippen molar-refractivity contribution in [2.24, 2.45) is 0 Å². The largest absolute Gasteiger partial charge is 0.276 e. The first-order valence-electron chi connectivity index (χ1n) is 6.85. The molecule has 23 heavy (non-hydrogen) atoms. The Morgan fingerprint density at radius 3 is 2.35 bits per heavy atom. The van der Waals surface area contributed by atoms with Crippen LogP contribution in [0.15, 0.2) is 64.0 Å². The highest BCUT2D eigenvalue weighted by Gasteiger charge is 2.15. The Morgan fingerprint density at radius 2 is 1.70 bits per heavy atom. The predicted octanol–water partition coefficient (Wildman–Crippen LogP) is 3.95. The minimum atomic E-state index is -3.65. The molecule has 0 bridgehead atoms. The van der Waals surface area contributed by atoms with E-state index in [-0.39, 0.29) is 10.7 Å². The third-order valence-corrected chi connectivity index (χ3v) is 5.20. The molecule has 0 saturated carbocycles. The Bertz CT molecular complexity index is 917. The van der Waals surface area contributed by atoms with Gasteiger partial charge in [0, 0.05) is 10.5 Å². The highest BCUT2D eigenvalue weighted by molar-refractivity contribution is 9.10. The third-order valence-electron chi connectivity index (χ3n) is 3.30. The molecule has 2 aromatic carbocycles. The smallest absolute Gasteiger partial charge is 0.263 e. The fourth-order valence-electron chi connectivity index (χ4n) is 2.07. The second-order valence-electron chi connectivity index (χ2n) is 5.09. The quantitative estimate of drug-likeness (QED) is 0.706. The summed E-state index contributed by atoms with van der Waals surface area (Å²) in [6.07, 6.45) is 0. The van der Waals surface area contributed by atoms with Crippen molar-refractivity contribution in [2.45, 2.75) is 11.8 Å². The number of sulfonamides is 1. The number of anilines is 1. The first-order chi connectivity index (χ1) is 10.9. The first kappa shape index (κ1) is 15.8. The van der Waals surface area contributed by atoms with Crippen molar-refractivity contribution in [3.05, 3.63) is 64.6 Å². The molecule has 0 aliphatic heterocycles. The highest BCUT2D eigenvalue weighted by atomic mass is 79.9. The topological polar surface area (TPSA) is 74.8 Å². The fourth-order valence-corrected chi connectivity index (χ4v) is 3.32. The number of aromatic amines is 1. The summed E-state index contributed by atoms with van der Waals surface area (Å²) in [5, 5.41) is 6.85. The number of H-pyrrole nitrogens is 1. The molecule has 0 saturated heterocycles. The van der Waals surface area contributed by atoms with Crippen molar-refractivity contribution in [3.8, 4) is 11.3 Å². The van der Waals surface area contributed by atoms with E-state index in [1.54, 1.807) is 30.3 Å². The van der Waals surface area contributed by atoms with Crippen molar-refractivity contribution < 1.29 is 8.42 Å². The summed E-state index contributed by atoms with van der Waals surface area (Å²) >= 11 is 3.38. The van der Waals surface area contributed by atoms with Crippen LogP contribution in [0.1, 0.15) is 5.56 Å². The minimum absolute atomic E-state index is 0.205. The Morgan fingerprint density at radius 1 is 1.04 bits per heavy atom. The lowest BCUT2D eigenvalue weighted by atomic mass is 10.2. The van der Waals surface area contributed by atoms with E-state index in [0.717, 1.165) is 21.3 Å². The maximum atomic E-state index is 12.3. The Balaban J connectivity index is 1.83. The maximum absolute atomic E-state index is 12.3. The molecule has 0 fully saturated rings. The molecule has 0 atom stereocenters. The summed E-state index contributed by atoms with van der Waals surface area (Å²) in [5.41, 5.74) is 2.65. The summed E-state index contributed by atoms with van der Waals surface area (Å²) in [6.45, 7) is 1.90. The molecule has 0 radical (unpaired) electrons. The molecule has 0 amide bonds. The number of rotatable bonds is 4. The van der Waals surface area contributed by atoms with Crippen LogP contribution >= 0.6 is 15.9 Å². The Hall–Kier alpha value is -2.12. The van der Waals surface area contributed by atoms with Crippen LogP contribution in [0.5, 0.6) is 0 Å². The average Bonchev–Trinajstić information content (AvgIpc) is 2.96. The average molecular weight is 392 g/mol. The van der Waals surface area contributed by atoms with Crippen LogP contribution in [0, 0.1) is 6.92 Å². The van der Waals surface area contributed by atoms with E-state index in [0.29, 0.717) is 0 Å². The molecular weight excluding hydrogens is 378 g/mol. The number of benzene rings is 2. The Labute approximate surface area is 142 Å². The summed E-state index contributed by atoms with van der Waals surface area (Å²) < 4.78 is 28.1. The molecule has 1 heterocycles. The molecule has 0 unspecified atom stereocenters. The minimum Gasteiger partial charge on any atom is -0.276 e. The number of aryl methyl sites for hydroxylation is 1. The number of aromatic nitrogens is 2. The molecule has 7 heteroatoms. The third kappa shape index (κ3) is 3.62. The molecule has 0 aliphatic carbocycles. The monoisotopic (exact) mass is 391 g/mol. The van der Waals surface area contributed by atoms with Crippen molar-refractivity contribution in [2.75, 3.05) is 4.72 Å². The van der Waals surface area contributed by atoms with E-state index in [2.05, 4.69) is 30.8 Å². The summed E-state index contributed by atoms with van der Waals surface area (Å²) in [4.78, 5) is 0.205. The number of hydrogen-bond donors (Lipinski definition) is 2. The summed E-state index contributed by atoms with van der Waals surface area (Å²) in [6, 6.07) is 16.0. The zero-order valence-electron chi connectivity index (χ0n) is 12.2. The van der Waals surface area contributed by atoms with Gasteiger partial charge in [-0.25, -0.2) is 8.42 Å². The van der Waals surface area contributed by atoms with E-state index in [9.17, 15) is 8.42 Å². The molecule has 118 valence electrons. The van der Waals surface area contributed by atoms with Crippen molar-refractivity contribution in [1.82, 2.24) is 10.2 Å². The molecule has 0 aliphatic rings. The van der Waals surface area contributed by atoms with Crippen LogP contribution in [-0.2, 0) is 10.0 Å². The van der Waals surface area contributed by atoms with E-state index in [1.807, 2.05) is 31.2 Å². The SMILES string of the molecule is Cc1ccc(S(=O)(=O)Nc2cc(-c3ccc(Br)cc3)[nH]n2)cc1. The van der Waals surface area contributed by atoms with E-state index in [1.165, 1.54) is 0 Å². The molecule has 5 nitrogen and oxygen atoms in total. The lowest BCUT2D eigenvalue weighted by Crippen LogP contribution is -2.13. The predicted molar refractivity (Wildman–Crippen MR) is 93.7 cm³/mol. The second-order valence-corrected chi connectivity index (χ2v) is 7.69. The molecular formula is C16H14BrN3O2S. The van der Waals surface area contributed by atoms with Gasteiger partial charge in [0.2, 0.25) is 0 Å². The van der Waals surface area contributed by atoms with Crippen LogP contribution in [-0.4, -0.2) is 18.6 Å². The van der Waals surface area contributed by atoms with E-state index in [4.69, 9.17) is 0 Å². The second kappa shape index (κ2) is 6.17. The van der Waals surface area contributed by atoms with Crippen molar-refractivity contribution in [3.63, 3.8) is 0 Å². The number of hydrogen-bond acceptors (Lipinski definition) is 3. The van der Waals surface area contributed by atoms with Crippen molar-refractivity contribution in [1.29, 1.82) is 0 Å². The highest BCUT2D eigenvalue weighted by Crippen LogP contribution is 2.23. The molecule has 2 N–H and O–H groups in total. The van der Waals surface area contributed by atoms with Gasteiger partial charge in [-0.1, -0.05) is 45.8 Å². The van der Waals surface area contributed by atoms with E-state index < -0.39 is 10.0 Å². The molecule has 1 aromatic heterocycles. The Kier molecular flexibility index (Phi) is 4.23. The van der Waals surface area contributed by atoms with Crippen LogP contribution in [0.2, 0.25) is 0 Å². The van der Waals surface area contributed by atoms with Gasteiger partial charge >= 0.3 is 0 Å². The zero-order chi connectivity index (χ0) is 16.4. The normalized spacial score (nSPS) is 11.4. The van der Waals surface area contributed by atoms with Crippen LogP contribution in [0.4, 0.5) is 5.82 Å². The molecule has 0 spiro atoms. The van der Waals surface area contributed by atoms with E-state index >= 15 is 0 Å². The van der Waals surface area contributed by atoms with Gasteiger partial charge < -0.3 is 0 Å². The number of halogens is 1. The van der Waals surface area contributed by atoms with Gasteiger partial charge in [0.1, 0.15) is 0 Å². The van der Waals surface area contributed by atoms with Crippen LogP contribution < -0.4 is 4.72 Å². The standard InChI is InChI=1S/C16H14BrN3O2S/c1-11-2-8-14(9-3-11)23(21,22)20-16-10-15(18-19-16)12-4-6-13(17)7-5-12/h2-10H,1H3,(H2,18,19,20).